The van der Waals surface area contributed by atoms with Crippen LogP contribution >= 0.6 is 0 Å². The van der Waals surface area contributed by atoms with E-state index in [0.717, 1.165) is 24.5 Å². The number of aromatic carboxylic acids is 1. The molecule has 5 rings (SSSR count). The normalized spacial score (nSPS) is 18.7. The number of hydrogen-bond acceptors (Lipinski definition) is 7. The van der Waals surface area contributed by atoms with Crippen molar-refractivity contribution in [3.8, 4) is 5.75 Å². The number of pyridine rings is 1. The molecule has 0 amide bonds. The van der Waals surface area contributed by atoms with Gasteiger partial charge in [0, 0.05) is 31.2 Å². The fourth-order valence-corrected chi connectivity index (χ4v) is 4.73. The first-order valence-corrected chi connectivity index (χ1v) is 11.8. The Labute approximate surface area is 206 Å². The summed E-state index contributed by atoms with van der Waals surface area (Å²) in [4.78, 5) is 31.9. The third kappa shape index (κ3) is 4.28. The second-order valence-electron chi connectivity index (χ2n) is 9.11. The lowest BCUT2D eigenvalue weighted by molar-refractivity contribution is 0.0694. The van der Waals surface area contributed by atoms with E-state index in [4.69, 9.17) is 15.3 Å². The number of hydrogen-bond donors (Lipinski definition) is 2. The van der Waals surface area contributed by atoms with Gasteiger partial charge >= 0.3 is 5.97 Å². The van der Waals surface area contributed by atoms with Crippen LogP contribution in [0.2, 0.25) is 0 Å². The van der Waals surface area contributed by atoms with E-state index in [1.165, 1.54) is 13.3 Å². The van der Waals surface area contributed by atoms with E-state index in [1.54, 1.807) is 9.47 Å². The number of nitrogens with zero attached hydrogens (tertiary/aromatic N) is 3. The molecule has 0 bridgehead atoms. The SMILES string of the molecule is COc1c(N2C/C(=N\OCc3ccccc3)C(CN)C2)c(F)cc2c(=O)c(C(=O)O)cn(C3CC3)c12. The molecular weight excluding hydrogens is 467 g/mol. The fourth-order valence-electron chi connectivity index (χ4n) is 4.73. The maximum Gasteiger partial charge on any atom is 0.341 e. The summed E-state index contributed by atoms with van der Waals surface area (Å²) in [6.07, 6.45) is 3.01. The van der Waals surface area contributed by atoms with E-state index in [2.05, 4.69) is 5.16 Å². The molecule has 1 atom stereocenters. The van der Waals surface area contributed by atoms with Crippen LogP contribution < -0.4 is 20.8 Å². The summed E-state index contributed by atoms with van der Waals surface area (Å²) < 4.78 is 23.0. The minimum absolute atomic E-state index is 0.0189. The van der Waals surface area contributed by atoms with Gasteiger partial charge in [-0.05, 0) is 24.5 Å². The van der Waals surface area contributed by atoms with E-state index >= 15 is 4.39 Å². The molecule has 2 fully saturated rings. The van der Waals surface area contributed by atoms with Crippen LogP contribution in [0.5, 0.6) is 5.75 Å². The molecule has 10 heteroatoms. The number of rotatable bonds is 8. The fraction of sp³-hybridized carbons (Fsp3) is 0.346. The monoisotopic (exact) mass is 494 g/mol. The zero-order valence-electron chi connectivity index (χ0n) is 19.8. The number of halogens is 1. The zero-order valence-corrected chi connectivity index (χ0v) is 19.8. The third-order valence-corrected chi connectivity index (χ3v) is 6.69. The Kier molecular flexibility index (Phi) is 6.36. The van der Waals surface area contributed by atoms with Crippen molar-refractivity contribution in [3.05, 3.63) is 69.8 Å². The largest absolute Gasteiger partial charge is 0.492 e. The number of carbonyl (C=O) groups is 1. The maximum atomic E-state index is 15.6. The van der Waals surface area contributed by atoms with Gasteiger partial charge in [-0.15, -0.1) is 0 Å². The Morgan fingerprint density at radius 3 is 2.67 bits per heavy atom. The van der Waals surface area contributed by atoms with Gasteiger partial charge in [-0.3, -0.25) is 4.79 Å². The van der Waals surface area contributed by atoms with Crippen LogP contribution in [-0.2, 0) is 11.4 Å². The summed E-state index contributed by atoms with van der Waals surface area (Å²) in [5.41, 5.74) is 7.11. The highest BCUT2D eigenvalue weighted by Crippen LogP contribution is 2.44. The summed E-state index contributed by atoms with van der Waals surface area (Å²) in [5, 5.41) is 13.8. The molecule has 188 valence electrons. The summed E-state index contributed by atoms with van der Waals surface area (Å²) in [7, 11) is 1.42. The summed E-state index contributed by atoms with van der Waals surface area (Å²) in [6, 6.07) is 10.8. The Morgan fingerprint density at radius 1 is 1.28 bits per heavy atom. The van der Waals surface area contributed by atoms with Crippen LogP contribution in [0.15, 0.2) is 52.5 Å². The Bertz CT molecular complexity index is 1400. The second kappa shape index (κ2) is 9.62. The van der Waals surface area contributed by atoms with Crippen molar-refractivity contribution in [2.75, 3.05) is 31.6 Å². The Morgan fingerprint density at radius 2 is 2.03 bits per heavy atom. The average molecular weight is 495 g/mol. The predicted molar refractivity (Wildman–Crippen MR) is 133 cm³/mol. The molecule has 3 N–H and O–H groups in total. The van der Waals surface area contributed by atoms with Crippen molar-refractivity contribution < 1.29 is 23.9 Å². The van der Waals surface area contributed by atoms with Gasteiger partial charge in [0.15, 0.2) is 11.6 Å². The van der Waals surface area contributed by atoms with Crippen molar-refractivity contribution in [1.82, 2.24) is 4.57 Å². The highest BCUT2D eigenvalue weighted by Gasteiger charge is 2.35. The standard InChI is InChI=1S/C26H27FN4O5/c1-35-25-22-18(24(32)19(26(33)34)12-31(22)17-7-8-17)9-20(27)23(25)30-11-16(10-28)21(13-30)29-36-14-15-5-3-2-4-6-15/h2-6,9,12,16-17H,7-8,10-11,13-14,28H2,1H3,(H,33,34)/b29-21+. The van der Waals surface area contributed by atoms with Crippen LogP contribution in [0.3, 0.4) is 0 Å². The Hall–Kier alpha value is -3.92. The quantitative estimate of drug-likeness (QED) is 0.462. The van der Waals surface area contributed by atoms with Crippen molar-refractivity contribution in [2.45, 2.75) is 25.5 Å². The summed E-state index contributed by atoms with van der Waals surface area (Å²) in [6.45, 7) is 1.27. The molecule has 1 saturated carbocycles. The number of fused-ring (bicyclic) bond motifs is 1. The molecule has 1 aromatic heterocycles. The summed E-state index contributed by atoms with van der Waals surface area (Å²) in [5.74, 6) is -1.99. The molecule has 2 aliphatic rings. The number of anilines is 1. The molecule has 0 radical (unpaired) electrons. The van der Waals surface area contributed by atoms with E-state index in [0.29, 0.717) is 30.9 Å². The van der Waals surface area contributed by atoms with E-state index in [-0.39, 0.29) is 35.3 Å². The van der Waals surface area contributed by atoms with Gasteiger partial charge in [0.1, 0.15) is 17.9 Å². The highest BCUT2D eigenvalue weighted by molar-refractivity contribution is 5.99. The number of aromatic nitrogens is 1. The lowest BCUT2D eigenvalue weighted by atomic mass is 10.1. The predicted octanol–water partition coefficient (Wildman–Crippen LogP) is 3.15. The van der Waals surface area contributed by atoms with E-state index in [9.17, 15) is 14.7 Å². The van der Waals surface area contributed by atoms with Gasteiger partial charge in [-0.2, -0.15) is 0 Å². The topological polar surface area (TPSA) is 119 Å². The van der Waals surface area contributed by atoms with Gasteiger partial charge in [0.05, 0.1) is 30.3 Å². The Balaban J connectivity index is 1.54. The van der Waals surface area contributed by atoms with Gasteiger partial charge in [0.25, 0.3) is 0 Å². The van der Waals surface area contributed by atoms with Gasteiger partial charge < -0.3 is 29.9 Å². The number of oxime groups is 1. The van der Waals surface area contributed by atoms with Gasteiger partial charge in [0.2, 0.25) is 5.43 Å². The number of benzene rings is 2. The molecule has 36 heavy (non-hydrogen) atoms. The first-order valence-electron chi connectivity index (χ1n) is 11.8. The maximum absolute atomic E-state index is 15.6. The molecule has 2 aromatic carbocycles. The average Bonchev–Trinajstić information content (AvgIpc) is 3.64. The second-order valence-corrected chi connectivity index (χ2v) is 9.11. The van der Waals surface area contributed by atoms with Crippen molar-refractivity contribution in [2.24, 2.45) is 16.8 Å². The molecule has 2 heterocycles. The van der Waals surface area contributed by atoms with Crippen LogP contribution in [0.25, 0.3) is 10.9 Å². The molecule has 9 nitrogen and oxygen atoms in total. The molecule has 1 aliphatic heterocycles. The lowest BCUT2D eigenvalue weighted by Gasteiger charge is -2.24. The molecule has 0 spiro atoms. The molecule has 1 aliphatic carbocycles. The molecule has 1 unspecified atom stereocenters. The third-order valence-electron chi connectivity index (χ3n) is 6.69. The molecular formula is C26H27FN4O5. The van der Waals surface area contributed by atoms with Crippen LogP contribution in [0.1, 0.15) is 34.8 Å². The number of carboxylic acids is 1. The van der Waals surface area contributed by atoms with Gasteiger partial charge in [-0.1, -0.05) is 35.5 Å². The van der Waals surface area contributed by atoms with E-state index in [1.807, 2.05) is 30.3 Å². The number of methoxy groups -OCH3 is 1. The minimum Gasteiger partial charge on any atom is -0.492 e. The van der Waals surface area contributed by atoms with Crippen LogP contribution in [0.4, 0.5) is 10.1 Å². The van der Waals surface area contributed by atoms with E-state index < -0.39 is 22.8 Å². The first-order chi connectivity index (χ1) is 17.4. The summed E-state index contributed by atoms with van der Waals surface area (Å²) >= 11 is 0. The minimum atomic E-state index is -1.35. The number of nitrogens with two attached hydrogens (primary N) is 1. The highest BCUT2D eigenvalue weighted by atomic mass is 19.1. The van der Waals surface area contributed by atoms with Crippen LogP contribution in [0, 0.1) is 11.7 Å². The zero-order chi connectivity index (χ0) is 25.4. The van der Waals surface area contributed by atoms with Gasteiger partial charge in [-0.25, -0.2) is 9.18 Å². The van der Waals surface area contributed by atoms with Crippen molar-refractivity contribution in [1.29, 1.82) is 0 Å². The number of ether oxygens (including phenoxy) is 1. The van der Waals surface area contributed by atoms with Crippen molar-refractivity contribution >= 4 is 28.3 Å². The lowest BCUT2D eigenvalue weighted by Crippen LogP contribution is -2.25. The van der Waals surface area contributed by atoms with Crippen molar-refractivity contribution in [3.63, 3.8) is 0 Å². The molecule has 3 aromatic rings. The smallest absolute Gasteiger partial charge is 0.341 e. The number of carboxylic acid groups (broad SMARTS) is 1. The molecule has 1 saturated heterocycles. The first kappa shape index (κ1) is 23.8. The van der Waals surface area contributed by atoms with Crippen LogP contribution in [-0.4, -0.2) is 48.1 Å².